The number of amides is 1. The minimum atomic E-state index is -4.49. The molecular formula is C9H15F3N2O2. The summed E-state index contributed by atoms with van der Waals surface area (Å²) in [5.41, 5.74) is 4.98. The van der Waals surface area contributed by atoms with E-state index in [1.807, 2.05) is 5.32 Å². The van der Waals surface area contributed by atoms with E-state index in [0.717, 1.165) is 0 Å². The predicted molar refractivity (Wildman–Crippen MR) is 50.6 cm³/mol. The fourth-order valence-corrected chi connectivity index (χ4v) is 1.52. The molecule has 1 fully saturated rings. The first kappa shape index (κ1) is 13.2. The first-order valence-corrected chi connectivity index (χ1v) is 5.10. The van der Waals surface area contributed by atoms with Gasteiger partial charge in [0, 0.05) is 25.7 Å². The van der Waals surface area contributed by atoms with Gasteiger partial charge in [0.1, 0.15) is 6.04 Å². The lowest BCUT2D eigenvalue weighted by Gasteiger charge is -2.25. The molecule has 0 spiro atoms. The molecule has 0 saturated carbocycles. The van der Waals surface area contributed by atoms with Crippen LogP contribution in [-0.2, 0) is 9.53 Å². The molecular weight excluding hydrogens is 225 g/mol. The Kier molecular flexibility index (Phi) is 4.55. The van der Waals surface area contributed by atoms with Crippen LogP contribution in [0.3, 0.4) is 0 Å². The van der Waals surface area contributed by atoms with Gasteiger partial charge in [-0.15, -0.1) is 0 Å². The van der Waals surface area contributed by atoms with Crippen molar-refractivity contribution in [3.05, 3.63) is 0 Å². The zero-order chi connectivity index (χ0) is 12.2. The van der Waals surface area contributed by atoms with Gasteiger partial charge < -0.3 is 15.8 Å². The van der Waals surface area contributed by atoms with E-state index in [0.29, 0.717) is 26.1 Å². The minimum Gasteiger partial charge on any atom is -0.381 e. The molecule has 1 unspecified atom stereocenters. The summed E-state index contributed by atoms with van der Waals surface area (Å²) in [4.78, 5) is 11.5. The third-order valence-electron chi connectivity index (χ3n) is 2.54. The number of carbonyl (C=O) groups excluding carboxylic acids is 1. The van der Waals surface area contributed by atoms with Gasteiger partial charge in [0.05, 0.1) is 0 Å². The summed E-state index contributed by atoms with van der Waals surface area (Å²) in [5.74, 6) is -0.985. The average Bonchev–Trinajstić information content (AvgIpc) is 2.25. The second-order valence-electron chi connectivity index (χ2n) is 3.73. The van der Waals surface area contributed by atoms with E-state index >= 15 is 0 Å². The van der Waals surface area contributed by atoms with Crippen molar-refractivity contribution < 1.29 is 22.7 Å². The molecule has 94 valence electrons. The largest absolute Gasteiger partial charge is 0.409 e. The summed E-state index contributed by atoms with van der Waals surface area (Å²) in [6.07, 6.45) is -3.57. The molecule has 1 atom stereocenters. The van der Waals surface area contributed by atoms with Crippen molar-refractivity contribution in [1.82, 2.24) is 5.32 Å². The maximum Gasteiger partial charge on any atom is 0.409 e. The molecule has 7 heteroatoms. The second-order valence-corrected chi connectivity index (χ2v) is 3.73. The summed E-state index contributed by atoms with van der Waals surface area (Å²) in [6.45, 7) is 0.188. The van der Waals surface area contributed by atoms with Crippen LogP contribution in [0.5, 0.6) is 0 Å². The second kappa shape index (κ2) is 5.49. The van der Waals surface area contributed by atoms with E-state index < -0.39 is 30.6 Å². The van der Waals surface area contributed by atoms with E-state index in [-0.39, 0.29) is 0 Å². The summed E-state index contributed by atoms with van der Waals surface area (Å²) in [6, 6.07) is -1.96. The number of alkyl halides is 3. The average molecular weight is 240 g/mol. The minimum absolute atomic E-state index is 0.398. The lowest BCUT2D eigenvalue weighted by Crippen LogP contribution is -2.52. The highest BCUT2D eigenvalue weighted by molar-refractivity contribution is 5.79. The third kappa shape index (κ3) is 3.64. The highest BCUT2D eigenvalue weighted by Crippen LogP contribution is 2.21. The molecule has 1 aliphatic heterocycles. The SMILES string of the molecule is NCC(NC(=O)C1CCOCC1)C(F)(F)F. The van der Waals surface area contributed by atoms with Crippen LogP contribution in [0.1, 0.15) is 12.8 Å². The lowest BCUT2D eigenvalue weighted by atomic mass is 9.99. The van der Waals surface area contributed by atoms with Crippen LogP contribution in [-0.4, -0.2) is 37.9 Å². The first-order chi connectivity index (χ1) is 7.45. The summed E-state index contributed by atoms with van der Waals surface area (Å²) >= 11 is 0. The fourth-order valence-electron chi connectivity index (χ4n) is 1.52. The van der Waals surface area contributed by atoms with Crippen LogP contribution in [0.4, 0.5) is 13.2 Å². The Morgan fingerprint density at radius 3 is 2.44 bits per heavy atom. The number of rotatable bonds is 3. The van der Waals surface area contributed by atoms with Gasteiger partial charge in [-0.3, -0.25) is 4.79 Å². The molecule has 1 heterocycles. The zero-order valence-electron chi connectivity index (χ0n) is 8.72. The van der Waals surface area contributed by atoms with Crippen molar-refractivity contribution in [1.29, 1.82) is 0 Å². The molecule has 1 rings (SSSR count). The number of nitrogens with one attached hydrogen (secondary N) is 1. The van der Waals surface area contributed by atoms with Gasteiger partial charge in [-0.2, -0.15) is 13.2 Å². The van der Waals surface area contributed by atoms with Crippen LogP contribution in [0.2, 0.25) is 0 Å². The summed E-state index contributed by atoms with van der Waals surface area (Å²) < 4.78 is 42.0. The van der Waals surface area contributed by atoms with Crippen LogP contribution in [0, 0.1) is 5.92 Å². The van der Waals surface area contributed by atoms with Crippen molar-refractivity contribution in [3.8, 4) is 0 Å². The number of halogens is 3. The molecule has 3 N–H and O–H groups in total. The van der Waals surface area contributed by atoms with Crippen LogP contribution >= 0.6 is 0 Å². The third-order valence-corrected chi connectivity index (χ3v) is 2.54. The van der Waals surface area contributed by atoms with Crippen LogP contribution in [0.15, 0.2) is 0 Å². The molecule has 16 heavy (non-hydrogen) atoms. The number of hydrogen-bond acceptors (Lipinski definition) is 3. The van der Waals surface area contributed by atoms with Crippen molar-refractivity contribution >= 4 is 5.91 Å². The smallest absolute Gasteiger partial charge is 0.381 e. The van der Waals surface area contributed by atoms with E-state index in [2.05, 4.69) is 0 Å². The van der Waals surface area contributed by atoms with Gasteiger partial charge in [0.15, 0.2) is 0 Å². The van der Waals surface area contributed by atoms with Crippen molar-refractivity contribution in [2.24, 2.45) is 11.7 Å². The fraction of sp³-hybridized carbons (Fsp3) is 0.889. The molecule has 4 nitrogen and oxygen atoms in total. The molecule has 0 aliphatic carbocycles. The molecule has 0 aromatic heterocycles. The molecule has 1 amide bonds. The van der Waals surface area contributed by atoms with Gasteiger partial charge >= 0.3 is 6.18 Å². The zero-order valence-corrected chi connectivity index (χ0v) is 8.72. The van der Waals surface area contributed by atoms with Crippen LogP contribution in [0.25, 0.3) is 0 Å². The molecule has 0 aromatic carbocycles. The van der Waals surface area contributed by atoms with Crippen molar-refractivity contribution in [2.75, 3.05) is 19.8 Å². The van der Waals surface area contributed by atoms with Crippen molar-refractivity contribution in [3.63, 3.8) is 0 Å². The normalized spacial score (nSPS) is 20.5. The van der Waals surface area contributed by atoms with Gasteiger partial charge in [-0.25, -0.2) is 0 Å². The van der Waals surface area contributed by atoms with E-state index in [9.17, 15) is 18.0 Å². The molecule has 1 aliphatic rings. The Morgan fingerprint density at radius 1 is 1.44 bits per heavy atom. The van der Waals surface area contributed by atoms with Gasteiger partial charge in [0.25, 0.3) is 0 Å². The molecule has 0 aromatic rings. The highest BCUT2D eigenvalue weighted by Gasteiger charge is 2.40. The van der Waals surface area contributed by atoms with Crippen molar-refractivity contribution in [2.45, 2.75) is 25.1 Å². The van der Waals surface area contributed by atoms with E-state index in [1.54, 1.807) is 0 Å². The molecule has 0 radical (unpaired) electrons. The van der Waals surface area contributed by atoms with Gasteiger partial charge in [-0.05, 0) is 12.8 Å². The number of nitrogens with two attached hydrogens (primary N) is 1. The topological polar surface area (TPSA) is 64.3 Å². The predicted octanol–water partition coefficient (Wildman–Crippen LogP) is 0.419. The number of hydrogen-bond donors (Lipinski definition) is 2. The first-order valence-electron chi connectivity index (χ1n) is 5.10. The monoisotopic (exact) mass is 240 g/mol. The number of ether oxygens (including phenoxy) is 1. The Morgan fingerprint density at radius 2 is 2.00 bits per heavy atom. The maximum atomic E-state index is 12.3. The highest BCUT2D eigenvalue weighted by atomic mass is 19.4. The van der Waals surface area contributed by atoms with E-state index in [4.69, 9.17) is 10.5 Å². The Hall–Kier alpha value is -0.820. The quantitative estimate of drug-likeness (QED) is 0.751. The molecule has 1 saturated heterocycles. The lowest BCUT2D eigenvalue weighted by molar-refractivity contribution is -0.161. The Balaban J connectivity index is 2.48. The maximum absolute atomic E-state index is 12.3. The molecule has 0 bridgehead atoms. The Labute approximate surface area is 91.3 Å². The van der Waals surface area contributed by atoms with Crippen LogP contribution < -0.4 is 11.1 Å². The summed E-state index contributed by atoms with van der Waals surface area (Å²) in [7, 11) is 0. The Bertz CT molecular complexity index is 239. The number of carbonyl (C=O) groups is 1. The van der Waals surface area contributed by atoms with Gasteiger partial charge in [0.2, 0.25) is 5.91 Å². The van der Waals surface area contributed by atoms with E-state index in [1.165, 1.54) is 0 Å². The van der Waals surface area contributed by atoms with Gasteiger partial charge in [-0.1, -0.05) is 0 Å². The summed E-state index contributed by atoms with van der Waals surface area (Å²) in [5, 5.41) is 1.93. The standard InChI is InChI=1S/C9H15F3N2O2/c10-9(11,12)7(5-13)14-8(15)6-1-3-16-4-2-6/h6-7H,1-5,13H2,(H,14,15).